The van der Waals surface area contributed by atoms with E-state index in [-0.39, 0.29) is 6.10 Å². The Hall–Kier alpha value is -1.13. The van der Waals surface area contributed by atoms with E-state index in [2.05, 4.69) is 40.2 Å². The second-order valence-electron chi connectivity index (χ2n) is 6.22. The van der Waals surface area contributed by atoms with Crippen LogP contribution in [0.1, 0.15) is 44.4 Å². The zero-order valence-corrected chi connectivity index (χ0v) is 13.0. The fourth-order valence-corrected chi connectivity index (χ4v) is 3.53. The van der Waals surface area contributed by atoms with Gasteiger partial charge in [0.1, 0.15) is 6.10 Å². The van der Waals surface area contributed by atoms with Gasteiger partial charge < -0.3 is 10.1 Å². The van der Waals surface area contributed by atoms with Gasteiger partial charge in [-0.15, -0.1) is 0 Å². The van der Waals surface area contributed by atoms with Crippen LogP contribution < -0.4 is 5.32 Å². The maximum atomic E-state index is 5.98. The average Bonchev–Trinajstić information content (AvgIpc) is 3.16. The SMILES string of the molecule is CCn1nccc1[C@@H]1OCC[C@H]1CNC[C@@H]1CC=CCC1. The maximum absolute atomic E-state index is 5.98. The summed E-state index contributed by atoms with van der Waals surface area (Å²) in [5.41, 5.74) is 1.24. The molecule has 0 aromatic carbocycles. The number of hydrogen-bond acceptors (Lipinski definition) is 3. The van der Waals surface area contributed by atoms with Crippen molar-refractivity contribution >= 4 is 0 Å². The van der Waals surface area contributed by atoms with Crippen LogP contribution in [-0.4, -0.2) is 29.5 Å². The molecule has 2 aliphatic rings. The van der Waals surface area contributed by atoms with Gasteiger partial charge in [-0.05, 0) is 51.1 Å². The molecule has 0 saturated carbocycles. The largest absolute Gasteiger partial charge is 0.372 e. The summed E-state index contributed by atoms with van der Waals surface area (Å²) in [6, 6.07) is 2.11. The van der Waals surface area contributed by atoms with Gasteiger partial charge in [0, 0.05) is 31.8 Å². The molecule has 1 aromatic heterocycles. The van der Waals surface area contributed by atoms with Crippen LogP contribution in [0.25, 0.3) is 0 Å². The van der Waals surface area contributed by atoms with Crippen LogP contribution in [0, 0.1) is 11.8 Å². The molecule has 4 heteroatoms. The molecule has 0 unspecified atom stereocenters. The third-order valence-electron chi connectivity index (χ3n) is 4.77. The van der Waals surface area contributed by atoms with Gasteiger partial charge in [0.2, 0.25) is 0 Å². The molecular weight excluding hydrogens is 262 g/mol. The van der Waals surface area contributed by atoms with Gasteiger partial charge in [-0.2, -0.15) is 5.10 Å². The molecule has 0 radical (unpaired) electrons. The van der Waals surface area contributed by atoms with Crippen LogP contribution in [0.15, 0.2) is 24.4 Å². The van der Waals surface area contributed by atoms with Crippen molar-refractivity contribution in [1.29, 1.82) is 0 Å². The summed E-state index contributed by atoms with van der Waals surface area (Å²) in [7, 11) is 0. The van der Waals surface area contributed by atoms with Gasteiger partial charge >= 0.3 is 0 Å². The van der Waals surface area contributed by atoms with Crippen LogP contribution in [-0.2, 0) is 11.3 Å². The van der Waals surface area contributed by atoms with E-state index >= 15 is 0 Å². The second-order valence-corrected chi connectivity index (χ2v) is 6.22. The fraction of sp³-hybridized carbons (Fsp3) is 0.706. The zero-order valence-electron chi connectivity index (χ0n) is 13.0. The van der Waals surface area contributed by atoms with Crippen molar-refractivity contribution in [2.75, 3.05) is 19.7 Å². The molecule has 1 aliphatic carbocycles. The quantitative estimate of drug-likeness (QED) is 0.818. The number of ether oxygens (including phenoxy) is 1. The summed E-state index contributed by atoms with van der Waals surface area (Å²) in [6.07, 6.45) is 11.7. The number of aryl methyl sites for hydroxylation is 1. The van der Waals surface area contributed by atoms with Crippen LogP contribution in [0.4, 0.5) is 0 Å². The van der Waals surface area contributed by atoms with Crippen molar-refractivity contribution in [3.63, 3.8) is 0 Å². The Morgan fingerprint density at radius 2 is 2.29 bits per heavy atom. The summed E-state index contributed by atoms with van der Waals surface area (Å²) < 4.78 is 8.05. The minimum Gasteiger partial charge on any atom is -0.372 e. The molecule has 1 aromatic rings. The summed E-state index contributed by atoms with van der Waals surface area (Å²) in [4.78, 5) is 0. The summed E-state index contributed by atoms with van der Waals surface area (Å²) in [6.45, 7) is 6.12. The first-order valence-corrected chi connectivity index (χ1v) is 8.37. The summed E-state index contributed by atoms with van der Waals surface area (Å²) >= 11 is 0. The third-order valence-corrected chi connectivity index (χ3v) is 4.77. The van der Waals surface area contributed by atoms with Gasteiger partial charge in [0.25, 0.3) is 0 Å². The van der Waals surface area contributed by atoms with Crippen LogP contribution in [0.3, 0.4) is 0 Å². The number of nitrogens with zero attached hydrogens (tertiary/aromatic N) is 2. The lowest BCUT2D eigenvalue weighted by atomic mass is 9.93. The maximum Gasteiger partial charge on any atom is 0.103 e. The van der Waals surface area contributed by atoms with Gasteiger partial charge in [0.15, 0.2) is 0 Å². The standard InChI is InChI=1S/C17H27N3O/c1-2-20-16(8-10-19-20)17-15(9-11-21-17)13-18-12-14-6-4-3-5-7-14/h3-4,8,10,14-15,17-18H,2,5-7,9,11-13H2,1H3/t14-,15+,17-/m1/s1. The molecule has 1 saturated heterocycles. The highest BCUT2D eigenvalue weighted by Crippen LogP contribution is 2.34. The normalized spacial score (nSPS) is 29.1. The van der Waals surface area contributed by atoms with Crippen molar-refractivity contribution < 1.29 is 4.74 Å². The smallest absolute Gasteiger partial charge is 0.103 e. The Labute approximate surface area is 127 Å². The van der Waals surface area contributed by atoms with Crippen molar-refractivity contribution in [3.8, 4) is 0 Å². The monoisotopic (exact) mass is 289 g/mol. The van der Waals surface area contributed by atoms with E-state index in [0.29, 0.717) is 5.92 Å². The predicted molar refractivity (Wildman–Crippen MR) is 84.1 cm³/mol. The lowest BCUT2D eigenvalue weighted by Gasteiger charge is -2.22. The number of hydrogen-bond donors (Lipinski definition) is 1. The van der Waals surface area contributed by atoms with E-state index in [1.54, 1.807) is 0 Å². The molecule has 3 rings (SSSR count). The molecule has 1 fully saturated rings. The van der Waals surface area contributed by atoms with Gasteiger partial charge in [-0.25, -0.2) is 0 Å². The number of allylic oxidation sites excluding steroid dienone is 2. The number of aromatic nitrogens is 2. The third kappa shape index (κ3) is 3.55. The van der Waals surface area contributed by atoms with E-state index in [1.807, 2.05) is 6.20 Å². The highest BCUT2D eigenvalue weighted by molar-refractivity contribution is 5.08. The number of nitrogens with one attached hydrogen (secondary N) is 1. The van der Waals surface area contributed by atoms with E-state index < -0.39 is 0 Å². The number of rotatable bonds is 6. The molecule has 0 spiro atoms. The summed E-state index contributed by atoms with van der Waals surface area (Å²) in [5.74, 6) is 1.39. The topological polar surface area (TPSA) is 39.1 Å². The molecule has 1 aliphatic heterocycles. The molecule has 0 bridgehead atoms. The average molecular weight is 289 g/mol. The summed E-state index contributed by atoms with van der Waals surface area (Å²) in [5, 5.41) is 8.06. The van der Waals surface area contributed by atoms with Crippen molar-refractivity contribution in [3.05, 3.63) is 30.1 Å². The van der Waals surface area contributed by atoms with Crippen molar-refractivity contribution in [2.24, 2.45) is 11.8 Å². The minimum absolute atomic E-state index is 0.214. The predicted octanol–water partition coefficient (Wildman–Crippen LogP) is 2.93. The van der Waals surface area contributed by atoms with Crippen molar-refractivity contribution in [1.82, 2.24) is 15.1 Å². The van der Waals surface area contributed by atoms with E-state index in [4.69, 9.17) is 4.74 Å². The highest BCUT2D eigenvalue weighted by Gasteiger charge is 2.31. The molecule has 4 nitrogen and oxygen atoms in total. The van der Waals surface area contributed by atoms with Gasteiger partial charge in [-0.3, -0.25) is 4.68 Å². The van der Waals surface area contributed by atoms with E-state index in [9.17, 15) is 0 Å². The zero-order chi connectivity index (χ0) is 14.5. The van der Waals surface area contributed by atoms with Gasteiger partial charge in [0.05, 0.1) is 5.69 Å². The van der Waals surface area contributed by atoms with Crippen LogP contribution in [0.5, 0.6) is 0 Å². The Bertz CT molecular complexity index is 468. The Balaban J connectivity index is 1.51. The fourth-order valence-electron chi connectivity index (χ4n) is 3.53. The lowest BCUT2D eigenvalue weighted by molar-refractivity contribution is 0.0828. The highest BCUT2D eigenvalue weighted by atomic mass is 16.5. The first-order chi connectivity index (χ1) is 10.4. The molecule has 21 heavy (non-hydrogen) atoms. The van der Waals surface area contributed by atoms with Crippen LogP contribution >= 0.6 is 0 Å². The Kier molecular flexibility index (Phi) is 5.09. The van der Waals surface area contributed by atoms with Crippen molar-refractivity contribution in [2.45, 2.75) is 45.3 Å². The Morgan fingerprint density at radius 3 is 3.10 bits per heavy atom. The lowest BCUT2D eigenvalue weighted by Crippen LogP contribution is -2.30. The van der Waals surface area contributed by atoms with Crippen LogP contribution in [0.2, 0.25) is 0 Å². The van der Waals surface area contributed by atoms with E-state index in [1.165, 1.54) is 25.0 Å². The second kappa shape index (κ2) is 7.23. The Morgan fingerprint density at radius 1 is 1.33 bits per heavy atom. The molecular formula is C17H27N3O. The van der Waals surface area contributed by atoms with E-state index in [0.717, 1.165) is 38.6 Å². The molecule has 0 amide bonds. The minimum atomic E-state index is 0.214. The first-order valence-electron chi connectivity index (χ1n) is 8.37. The molecule has 116 valence electrons. The molecule has 1 N–H and O–H groups in total. The van der Waals surface area contributed by atoms with Gasteiger partial charge in [-0.1, -0.05) is 12.2 Å². The molecule has 3 atom stereocenters. The first kappa shape index (κ1) is 14.8. The molecule has 2 heterocycles.